The van der Waals surface area contributed by atoms with Crippen molar-refractivity contribution in [3.8, 4) is 0 Å². The zero-order valence-electron chi connectivity index (χ0n) is 14.5. The summed E-state index contributed by atoms with van der Waals surface area (Å²) < 4.78 is 11.8. The van der Waals surface area contributed by atoms with Crippen LogP contribution in [0.15, 0.2) is 23.3 Å². The van der Waals surface area contributed by atoms with Crippen molar-refractivity contribution in [2.45, 2.75) is 65.3 Å². The molecular formula is C15H28BNO5. The van der Waals surface area contributed by atoms with E-state index < -0.39 is 24.4 Å². The van der Waals surface area contributed by atoms with E-state index >= 15 is 0 Å². The fraction of sp³-hybridized carbons (Fsp3) is 0.733. The molecule has 0 unspecified atom stereocenters. The van der Waals surface area contributed by atoms with Crippen LogP contribution < -0.4 is 0 Å². The summed E-state index contributed by atoms with van der Waals surface area (Å²) in [5, 5.41) is 28.4. The fourth-order valence-electron chi connectivity index (χ4n) is 1.83. The third-order valence-corrected chi connectivity index (χ3v) is 4.43. The molecule has 0 radical (unpaired) electrons. The molecule has 1 heterocycles. The molecule has 0 aromatic carbocycles. The average molecular weight is 313 g/mol. The van der Waals surface area contributed by atoms with Crippen molar-refractivity contribution in [1.29, 1.82) is 0 Å². The van der Waals surface area contributed by atoms with Gasteiger partial charge in [-0.05, 0) is 47.1 Å². The smallest absolute Gasteiger partial charge is 0.398 e. The normalized spacial score (nSPS) is 22.2. The second-order valence-corrected chi connectivity index (χ2v) is 6.71. The first-order valence-electron chi connectivity index (χ1n) is 7.45. The van der Waals surface area contributed by atoms with Gasteiger partial charge in [0, 0.05) is 7.05 Å². The van der Waals surface area contributed by atoms with Crippen LogP contribution in [0.4, 0.5) is 0 Å². The molecule has 22 heavy (non-hydrogen) atoms. The standard InChI is InChI=1S/C15H28BNO5/c1-8-11(2)9-10-12(17(7)15(18,19)20)16-21-13(3,4)14(5,6)22-16/h9-10,18-20H,8H2,1-7H3/b11-9+,12-10-. The maximum Gasteiger partial charge on any atom is 0.512 e. The molecule has 6 nitrogen and oxygen atoms in total. The second kappa shape index (κ2) is 6.33. The van der Waals surface area contributed by atoms with Gasteiger partial charge < -0.3 is 29.5 Å². The Morgan fingerprint density at radius 3 is 1.91 bits per heavy atom. The van der Waals surface area contributed by atoms with Gasteiger partial charge >= 0.3 is 13.2 Å². The molecule has 1 aliphatic heterocycles. The second-order valence-electron chi connectivity index (χ2n) is 6.71. The molecule has 0 saturated carbocycles. The quantitative estimate of drug-likeness (QED) is 0.404. The summed E-state index contributed by atoms with van der Waals surface area (Å²) in [5.41, 5.74) is 0.287. The third-order valence-electron chi connectivity index (χ3n) is 4.43. The molecular weight excluding hydrogens is 285 g/mol. The van der Waals surface area contributed by atoms with Gasteiger partial charge in [-0.2, -0.15) is 0 Å². The van der Waals surface area contributed by atoms with Crippen LogP contribution in [-0.2, 0) is 9.31 Å². The minimum atomic E-state index is -3.00. The lowest BCUT2D eigenvalue weighted by molar-refractivity contribution is -0.378. The summed E-state index contributed by atoms with van der Waals surface area (Å²) in [4.78, 5) is 0.911. The number of allylic oxidation sites excluding steroid dienone is 3. The van der Waals surface area contributed by atoms with Gasteiger partial charge in [-0.25, -0.2) is 0 Å². The van der Waals surface area contributed by atoms with Crippen LogP contribution in [0.2, 0.25) is 0 Å². The van der Waals surface area contributed by atoms with Crippen LogP contribution in [-0.4, -0.2) is 51.7 Å². The molecule has 0 atom stereocenters. The van der Waals surface area contributed by atoms with E-state index in [0.717, 1.165) is 16.9 Å². The molecule has 1 saturated heterocycles. The van der Waals surface area contributed by atoms with Crippen LogP contribution in [0.25, 0.3) is 0 Å². The van der Waals surface area contributed by atoms with Crippen LogP contribution in [0.1, 0.15) is 48.0 Å². The molecule has 0 bridgehead atoms. The van der Waals surface area contributed by atoms with Gasteiger partial charge in [0.05, 0.1) is 16.8 Å². The minimum Gasteiger partial charge on any atom is -0.398 e. The molecule has 0 aliphatic carbocycles. The first kappa shape index (κ1) is 19.2. The predicted molar refractivity (Wildman–Crippen MR) is 85.4 cm³/mol. The Morgan fingerprint density at radius 1 is 1.09 bits per heavy atom. The number of rotatable bonds is 5. The summed E-state index contributed by atoms with van der Waals surface area (Å²) in [6.07, 6.45) is 1.36. The van der Waals surface area contributed by atoms with E-state index in [1.807, 2.05) is 47.6 Å². The van der Waals surface area contributed by atoms with Gasteiger partial charge in [0.1, 0.15) is 0 Å². The Morgan fingerprint density at radius 2 is 1.55 bits per heavy atom. The topological polar surface area (TPSA) is 82.4 Å². The van der Waals surface area contributed by atoms with Crippen LogP contribution in [0, 0.1) is 0 Å². The number of hydrogen-bond donors (Lipinski definition) is 3. The van der Waals surface area contributed by atoms with Crippen molar-refractivity contribution in [1.82, 2.24) is 4.90 Å². The van der Waals surface area contributed by atoms with Gasteiger partial charge in [0.15, 0.2) is 0 Å². The summed E-state index contributed by atoms with van der Waals surface area (Å²) >= 11 is 0. The molecule has 3 N–H and O–H groups in total. The Balaban J connectivity index is 3.18. The zero-order chi connectivity index (χ0) is 17.3. The van der Waals surface area contributed by atoms with E-state index in [1.165, 1.54) is 7.05 Å². The molecule has 0 amide bonds. The van der Waals surface area contributed by atoms with Gasteiger partial charge in [-0.1, -0.05) is 18.6 Å². The number of hydrogen-bond acceptors (Lipinski definition) is 6. The van der Waals surface area contributed by atoms with Crippen LogP contribution >= 0.6 is 0 Å². The van der Waals surface area contributed by atoms with Crippen LogP contribution in [0.3, 0.4) is 0 Å². The first-order chi connectivity index (χ1) is 9.82. The lowest BCUT2D eigenvalue weighted by Gasteiger charge is -2.32. The highest BCUT2D eigenvalue weighted by atomic mass is 16.7. The summed E-state index contributed by atoms with van der Waals surface area (Å²) in [5.74, 6) is 0. The largest absolute Gasteiger partial charge is 0.512 e. The van der Waals surface area contributed by atoms with E-state index in [2.05, 4.69) is 0 Å². The molecule has 0 aromatic heterocycles. The minimum absolute atomic E-state index is 0.318. The zero-order valence-corrected chi connectivity index (χ0v) is 14.5. The summed E-state index contributed by atoms with van der Waals surface area (Å²) in [6.45, 7) is 11.6. The molecule has 1 rings (SSSR count). The van der Waals surface area contributed by atoms with Crippen molar-refractivity contribution in [3.05, 3.63) is 23.3 Å². The van der Waals surface area contributed by atoms with Crippen molar-refractivity contribution in [3.63, 3.8) is 0 Å². The van der Waals surface area contributed by atoms with E-state index in [-0.39, 0.29) is 0 Å². The third kappa shape index (κ3) is 4.11. The molecule has 0 aromatic rings. The Labute approximate surface area is 133 Å². The lowest BCUT2D eigenvalue weighted by Crippen LogP contribution is -2.49. The average Bonchev–Trinajstić information content (AvgIpc) is 2.56. The van der Waals surface area contributed by atoms with Gasteiger partial charge in [0.2, 0.25) is 0 Å². The highest BCUT2D eigenvalue weighted by Crippen LogP contribution is 2.39. The van der Waals surface area contributed by atoms with Gasteiger partial charge in [0.25, 0.3) is 0 Å². The van der Waals surface area contributed by atoms with E-state index in [4.69, 9.17) is 9.31 Å². The van der Waals surface area contributed by atoms with Crippen molar-refractivity contribution in [2.75, 3.05) is 7.05 Å². The molecule has 126 valence electrons. The molecule has 0 spiro atoms. The van der Waals surface area contributed by atoms with Gasteiger partial charge in [-0.15, -0.1) is 0 Å². The summed E-state index contributed by atoms with van der Waals surface area (Å²) in [6, 6.07) is 0. The Hall–Kier alpha value is -0.855. The van der Waals surface area contributed by atoms with Gasteiger partial charge in [-0.3, -0.25) is 0 Å². The van der Waals surface area contributed by atoms with E-state index in [1.54, 1.807) is 6.08 Å². The van der Waals surface area contributed by atoms with Crippen molar-refractivity contribution >= 4 is 7.12 Å². The SMILES string of the molecule is CC/C(C)=C/C=C(/B1OC(C)(C)C(C)(C)O1)N(C)C(O)(O)O. The lowest BCUT2D eigenvalue weighted by atomic mass is 9.82. The summed E-state index contributed by atoms with van der Waals surface area (Å²) in [7, 11) is 0.535. The molecule has 1 aliphatic rings. The highest BCUT2D eigenvalue weighted by Gasteiger charge is 2.54. The van der Waals surface area contributed by atoms with Crippen molar-refractivity contribution < 1.29 is 24.6 Å². The molecule has 1 fully saturated rings. The highest BCUT2D eigenvalue weighted by molar-refractivity contribution is 6.54. The number of nitrogens with zero attached hydrogens (tertiary/aromatic N) is 1. The van der Waals surface area contributed by atoms with E-state index in [9.17, 15) is 15.3 Å². The number of aliphatic hydroxyl groups is 3. The molecule has 7 heteroatoms. The Bertz CT molecular complexity index is 449. The Kier molecular flexibility index (Phi) is 5.52. The monoisotopic (exact) mass is 313 g/mol. The predicted octanol–water partition coefficient (Wildman–Crippen LogP) is 1.38. The van der Waals surface area contributed by atoms with Crippen LogP contribution in [0.5, 0.6) is 0 Å². The van der Waals surface area contributed by atoms with Crippen molar-refractivity contribution in [2.24, 2.45) is 0 Å². The van der Waals surface area contributed by atoms with E-state index in [0.29, 0.717) is 5.60 Å². The fourth-order valence-corrected chi connectivity index (χ4v) is 1.83. The maximum atomic E-state index is 9.46. The maximum absolute atomic E-state index is 9.46. The first-order valence-corrected chi connectivity index (χ1v) is 7.45.